The lowest BCUT2D eigenvalue weighted by atomic mass is 9.78. The van der Waals surface area contributed by atoms with Crippen LogP contribution in [0.1, 0.15) is 42.5 Å². The van der Waals surface area contributed by atoms with E-state index in [1.807, 2.05) is 9.80 Å². The maximum atomic E-state index is 12.9. The Hall–Kier alpha value is -1.98. The minimum Gasteiger partial charge on any atom is -0.342 e. The minimum atomic E-state index is -0.344. The Kier molecular flexibility index (Phi) is 3.54. The number of rotatable bonds is 3. The molecule has 3 aliphatic rings. The molecule has 1 aromatic rings. The van der Waals surface area contributed by atoms with Crippen molar-refractivity contribution in [2.24, 2.45) is 11.3 Å². The van der Waals surface area contributed by atoms with E-state index in [4.69, 9.17) is 0 Å². The molecule has 1 unspecified atom stereocenters. The third-order valence-corrected chi connectivity index (χ3v) is 5.47. The number of hydrogen-bond donors (Lipinski definition) is 0. The van der Waals surface area contributed by atoms with E-state index in [9.17, 15) is 9.59 Å². The Morgan fingerprint density at radius 1 is 1.26 bits per heavy atom. The second-order valence-corrected chi connectivity index (χ2v) is 7.19. The molecule has 0 aromatic carbocycles. The number of carbonyl (C=O) groups is 2. The molecule has 122 valence electrons. The normalized spacial score (nSPS) is 27.7. The zero-order valence-corrected chi connectivity index (χ0v) is 13.3. The predicted molar refractivity (Wildman–Crippen MR) is 83.5 cm³/mol. The molecule has 1 spiro atoms. The van der Waals surface area contributed by atoms with Gasteiger partial charge in [0.2, 0.25) is 5.91 Å². The predicted octanol–water partition coefficient (Wildman–Crippen LogP) is 1.34. The van der Waals surface area contributed by atoms with E-state index in [-0.39, 0.29) is 17.2 Å². The molecule has 2 saturated heterocycles. The number of amides is 2. The first kappa shape index (κ1) is 14.6. The largest absolute Gasteiger partial charge is 0.342 e. The summed E-state index contributed by atoms with van der Waals surface area (Å²) in [5.74, 6) is 0.959. The van der Waals surface area contributed by atoms with Gasteiger partial charge in [0.25, 0.3) is 5.91 Å². The molecular weight excluding hydrogens is 292 g/mol. The molecule has 2 aliphatic heterocycles. The van der Waals surface area contributed by atoms with Crippen molar-refractivity contribution in [3.63, 3.8) is 0 Å². The van der Waals surface area contributed by atoms with Gasteiger partial charge in [-0.1, -0.05) is 0 Å². The first-order chi connectivity index (χ1) is 11.2. The summed E-state index contributed by atoms with van der Waals surface area (Å²) in [6, 6.07) is 1.69. The fourth-order valence-corrected chi connectivity index (χ4v) is 3.96. The molecule has 6 nitrogen and oxygen atoms in total. The van der Waals surface area contributed by atoms with Crippen LogP contribution in [0.2, 0.25) is 0 Å². The number of nitrogens with zero attached hydrogens (tertiary/aromatic N) is 4. The molecule has 23 heavy (non-hydrogen) atoms. The van der Waals surface area contributed by atoms with Gasteiger partial charge in [0.15, 0.2) is 0 Å². The van der Waals surface area contributed by atoms with Crippen LogP contribution in [0.4, 0.5) is 0 Å². The zero-order chi connectivity index (χ0) is 15.9. The summed E-state index contributed by atoms with van der Waals surface area (Å²) in [7, 11) is 0. The van der Waals surface area contributed by atoms with Gasteiger partial charge in [0, 0.05) is 26.2 Å². The number of carbonyl (C=O) groups excluding carboxylic acids is 2. The zero-order valence-electron chi connectivity index (χ0n) is 13.3. The number of hydrogen-bond acceptors (Lipinski definition) is 4. The van der Waals surface area contributed by atoms with Crippen molar-refractivity contribution in [3.8, 4) is 0 Å². The summed E-state index contributed by atoms with van der Waals surface area (Å²) < 4.78 is 0. The van der Waals surface area contributed by atoms with Gasteiger partial charge in [-0.05, 0) is 44.1 Å². The van der Waals surface area contributed by atoms with E-state index in [1.165, 1.54) is 25.2 Å². The molecule has 1 saturated carbocycles. The fraction of sp³-hybridized carbons (Fsp3) is 0.647. The molecule has 6 heteroatoms. The highest BCUT2D eigenvalue weighted by Crippen LogP contribution is 2.42. The molecule has 3 heterocycles. The molecule has 0 N–H and O–H groups in total. The van der Waals surface area contributed by atoms with Crippen LogP contribution in [-0.2, 0) is 4.79 Å². The van der Waals surface area contributed by atoms with E-state index in [1.54, 1.807) is 6.07 Å². The van der Waals surface area contributed by atoms with Crippen LogP contribution in [0.25, 0.3) is 0 Å². The van der Waals surface area contributed by atoms with Crippen molar-refractivity contribution in [2.45, 2.75) is 32.1 Å². The van der Waals surface area contributed by atoms with Gasteiger partial charge >= 0.3 is 0 Å². The van der Waals surface area contributed by atoms with Gasteiger partial charge in [-0.3, -0.25) is 9.59 Å². The van der Waals surface area contributed by atoms with Crippen molar-refractivity contribution in [1.82, 2.24) is 20.0 Å². The maximum Gasteiger partial charge on any atom is 0.255 e. The van der Waals surface area contributed by atoms with Gasteiger partial charge < -0.3 is 9.80 Å². The average molecular weight is 314 g/mol. The Labute approximate surface area is 135 Å². The Morgan fingerprint density at radius 3 is 2.87 bits per heavy atom. The highest BCUT2D eigenvalue weighted by Gasteiger charge is 2.50. The van der Waals surface area contributed by atoms with Crippen LogP contribution in [0, 0.1) is 11.3 Å². The number of piperidine rings is 1. The van der Waals surface area contributed by atoms with E-state index in [2.05, 4.69) is 10.2 Å². The second-order valence-electron chi connectivity index (χ2n) is 7.19. The molecule has 2 amide bonds. The van der Waals surface area contributed by atoms with Crippen molar-refractivity contribution < 1.29 is 9.59 Å². The lowest BCUT2D eigenvalue weighted by Crippen LogP contribution is -2.50. The summed E-state index contributed by atoms with van der Waals surface area (Å²) >= 11 is 0. The maximum absolute atomic E-state index is 12.9. The summed E-state index contributed by atoms with van der Waals surface area (Å²) in [5.41, 5.74) is 0.209. The Morgan fingerprint density at radius 2 is 2.13 bits per heavy atom. The minimum absolute atomic E-state index is 0.0348. The summed E-state index contributed by atoms with van der Waals surface area (Å²) in [5, 5.41) is 7.50. The highest BCUT2D eigenvalue weighted by molar-refractivity contribution is 5.94. The van der Waals surface area contributed by atoms with Crippen LogP contribution < -0.4 is 0 Å². The first-order valence-corrected chi connectivity index (χ1v) is 8.53. The lowest BCUT2D eigenvalue weighted by molar-refractivity contribution is -0.138. The van der Waals surface area contributed by atoms with E-state index < -0.39 is 0 Å². The molecule has 0 radical (unpaired) electrons. The van der Waals surface area contributed by atoms with Gasteiger partial charge in [0.05, 0.1) is 23.4 Å². The van der Waals surface area contributed by atoms with Crippen LogP contribution in [0.5, 0.6) is 0 Å². The topological polar surface area (TPSA) is 66.4 Å². The van der Waals surface area contributed by atoms with Gasteiger partial charge in [0.1, 0.15) is 0 Å². The Balaban J connectivity index is 1.48. The van der Waals surface area contributed by atoms with E-state index in [0.29, 0.717) is 12.1 Å². The van der Waals surface area contributed by atoms with Crippen LogP contribution >= 0.6 is 0 Å². The molecule has 4 rings (SSSR count). The van der Waals surface area contributed by atoms with Crippen LogP contribution in [0.15, 0.2) is 18.5 Å². The van der Waals surface area contributed by atoms with Crippen molar-refractivity contribution in [3.05, 3.63) is 24.0 Å². The summed E-state index contributed by atoms with van der Waals surface area (Å²) in [6.45, 7) is 3.05. The van der Waals surface area contributed by atoms with Gasteiger partial charge in [-0.2, -0.15) is 10.2 Å². The number of aromatic nitrogens is 2. The monoisotopic (exact) mass is 314 g/mol. The smallest absolute Gasteiger partial charge is 0.255 e. The molecule has 3 fully saturated rings. The third kappa shape index (κ3) is 2.71. The second kappa shape index (κ2) is 5.58. The molecular formula is C17H22N4O2. The molecule has 1 aliphatic carbocycles. The summed E-state index contributed by atoms with van der Waals surface area (Å²) in [4.78, 5) is 29.4. The fourth-order valence-electron chi connectivity index (χ4n) is 3.96. The lowest BCUT2D eigenvalue weighted by Gasteiger charge is -2.39. The average Bonchev–Trinajstić information content (AvgIpc) is 3.37. The third-order valence-electron chi connectivity index (χ3n) is 5.47. The molecule has 1 aromatic heterocycles. The molecule has 0 bridgehead atoms. The van der Waals surface area contributed by atoms with E-state index >= 15 is 0 Å². The Bertz CT molecular complexity index is 616. The van der Waals surface area contributed by atoms with Crippen molar-refractivity contribution in [2.75, 3.05) is 26.2 Å². The standard InChI is InChI=1S/C17H22N4O2/c22-15(14-4-7-18-19-10-14)21-8-1-5-17(12-21)6-9-20(16(17)23)11-13-2-3-13/h4,7,10,13H,1-3,5-6,8-9,11-12H2. The summed E-state index contributed by atoms with van der Waals surface area (Å²) in [6.07, 6.45) is 8.24. The number of likely N-dealkylation sites (tertiary alicyclic amines) is 2. The SMILES string of the molecule is O=C(c1ccnnc1)N1CCCC2(CCN(CC3CC3)C2=O)C1. The molecule has 1 atom stereocenters. The van der Waals surface area contributed by atoms with Crippen molar-refractivity contribution in [1.29, 1.82) is 0 Å². The van der Waals surface area contributed by atoms with Crippen LogP contribution in [-0.4, -0.2) is 58.0 Å². The van der Waals surface area contributed by atoms with Gasteiger partial charge in [-0.25, -0.2) is 0 Å². The van der Waals surface area contributed by atoms with Crippen LogP contribution in [0.3, 0.4) is 0 Å². The van der Waals surface area contributed by atoms with Gasteiger partial charge in [-0.15, -0.1) is 0 Å². The van der Waals surface area contributed by atoms with Crippen molar-refractivity contribution >= 4 is 11.8 Å². The van der Waals surface area contributed by atoms with E-state index in [0.717, 1.165) is 44.8 Å². The highest BCUT2D eigenvalue weighted by atomic mass is 16.2. The quantitative estimate of drug-likeness (QED) is 0.844. The first-order valence-electron chi connectivity index (χ1n) is 8.53.